The van der Waals surface area contributed by atoms with Gasteiger partial charge in [-0.15, -0.1) is 0 Å². The summed E-state index contributed by atoms with van der Waals surface area (Å²) in [7, 11) is 1.29. The lowest BCUT2D eigenvalue weighted by molar-refractivity contribution is -0.114. The molecule has 0 saturated heterocycles. The summed E-state index contributed by atoms with van der Waals surface area (Å²) in [6, 6.07) is 4.90. The van der Waals surface area contributed by atoms with Gasteiger partial charge in [0.2, 0.25) is 5.91 Å². The van der Waals surface area contributed by atoms with Crippen molar-refractivity contribution in [2.24, 2.45) is 0 Å². The Labute approximate surface area is 99.7 Å². The second-order valence-corrected chi connectivity index (χ2v) is 3.29. The van der Waals surface area contributed by atoms with Gasteiger partial charge in [-0.1, -0.05) is 6.07 Å². The predicted octanol–water partition coefficient (Wildman–Crippen LogP) is 1.83. The number of ether oxygens (including phenoxy) is 2. The third-order valence-corrected chi connectivity index (χ3v) is 2.02. The number of nitrogens with one attached hydrogen (secondary N) is 1. The molecule has 0 unspecified atom stereocenters. The van der Waals surface area contributed by atoms with Gasteiger partial charge in [0, 0.05) is 6.92 Å². The predicted molar refractivity (Wildman–Crippen MR) is 63.3 cm³/mol. The minimum absolute atomic E-state index is 0.229. The van der Waals surface area contributed by atoms with Crippen LogP contribution in [0.1, 0.15) is 24.2 Å². The number of esters is 1. The van der Waals surface area contributed by atoms with Gasteiger partial charge in [0.05, 0.1) is 19.4 Å². The zero-order valence-corrected chi connectivity index (χ0v) is 10.1. The van der Waals surface area contributed by atoms with E-state index < -0.39 is 5.97 Å². The smallest absolute Gasteiger partial charge is 0.341 e. The van der Waals surface area contributed by atoms with Crippen LogP contribution in [0, 0.1) is 0 Å². The van der Waals surface area contributed by atoms with Crippen molar-refractivity contribution in [3.05, 3.63) is 23.8 Å². The molecule has 1 N–H and O–H groups in total. The Bertz CT molecular complexity index is 429. The van der Waals surface area contributed by atoms with Crippen molar-refractivity contribution in [2.45, 2.75) is 13.8 Å². The van der Waals surface area contributed by atoms with Crippen LogP contribution in [-0.2, 0) is 9.53 Å². The number of amides is 1. The monoisotopic (exact) mass is 237 g/mol. The number of hydrogen-bond acceptors (Lipinski definition) is 4. The third-order valence-electron chi connectivity index (χ3n) is 2.02. The SMILES string of the molecule is CCOc1c(NC(C)=O)cccc1C(=O)OC. The van der Waals surface area contributed by atoms with Crippen LogP contribution in [0.3, 0.4) is 0 Å². The highest BCUT2D eigenvalue weighted by Crippen LogP contribution is 2.29. The number of carbonyl (C=O) groups is 2. The first kappa shape index (κ1) is 13.0. The Kier molecular flexibility index (Phi) is 4.51. The number of anilines is 1. The van der Waals surface area contributed by atoms with Crippen molar-refractivity contribution in [3.8, 4) is 5.75 Å². The van der Waals surface area contributed by atoms with E-state index in [0.717, 1.165) is 0 Å². The fourth-order valence-electron chi connectivity index (χ4n) is 1.40. The zero-order chi connectivity index (χ0) is 12.8. The van der Waals surface area contributed by atoms with E-state index in [1.165, 1.54) is 14.0 Å². The van der Waals surface area contributed by atoms with Crippen molar-refractivity contribution in [1.82, 2.24) is 0 Å². The van der Waals surface area contributed by atoms with Crippen molar-refractivity contribution in [2.75, 3.05) is 19.0 Å². The summed E-state index contributed by atoms with van der Waals surface area (Å²) in [6.07, 6.45) is 0. The molecule has 0 saturated carbocycles. The van der Waals surface area contributed by atoms with E-state index in [0.29, 0.717) is 23.6 Å². The maximum absolute atomic E-state index is 11.5. The van der Waals surface area contributed by atoms with Gasteiger partial charge in [-0.25, -0.2) is 4.79 Å². The van der Waals surface area contributed by atoms with Crippen LogP contribution < -0.4 is 10.1 Å². The number of para-hydroxylation sites is 1. The summed E-state index contributed by atoms with van der Waals surface area (Å²) < 4.78 is 10.0. The highest BCUT2D eigenvalue weighted by atomic mass is 16.5. The summed E-state index contributed by atoms with van der Waals surface area (Å²) in [4.78, 5) is 22.6. The Morgan fingerprint density at radius 3 is 2.59 bits per heavy atom. The molecule has 0 spiro atoms. The molecule has 0 bridgehead atoms. The Hall–Kier alpha value is -2.04. The molecule has 0 atom stereocenters. The fraction of sp³-hybridized carbons (Fsp3) is 0.333. The molecule has 0 aliphatic heterocycles. The van der Waals surface area contributed by atoms with Crippen LogP contribution in [0.2, 0.25) is 0 Å². The minimum Gasteiger partial charge on any atom is -0.491 e. The first-order valence-corrected chi connectivity index (χ1v) is 5.21. The van der Waals surface area contributed by atoms with Crippen molar-refractivity contribution < 1.29 is 19.1 Å². The summed E-state index contributed by atoms with van der Waals surface area (Å²) >= 11 is 0. The van der Waals surface area contributed by atoms with E-state index in [1.807, 2.05) is 0 Å². The van der Waals surface area contributed by atoms with Gasteiger partial charge in [-0.05, 0) is 19.1 Å². The number of benzene rings is 1. The van der Waals surface area contributed by atoms with E-state index in [1.54, 1.807) is 25.1 Å². The van der Waals surface area contributed by atoms with Crippen LogP contribution in [0.5, 0.6) is 5.75 Å². The normalized spacial score (nSPS) is 9.59. The Morgan fingerprint density at radius 1 is 1.35 bits per heavy atom. The maximum Gasteiger partial charge on any atom is 0.341 e. The van der Waals surface area contributed by atoms with Crippen LogP contribution >= 0.6 is 0 Å². The summed E-state index contributed by atoms with van der Waals surface area (Å²) in [6.45, 7) is 3.58. The summed E-state index contributed by atoms with van der Waals surface area (Å²) in [5, 5.41) is 2.61. The van der Waals surface area contributed by atoms with Crippen molar-refractivity contribution in [3.63, 3.8) is 0 Å². The molecule has 0 fully saturated rings. The van der Waals surface area contributed by atoms with Crippen molar-refractivity contribution >= 4 is 17.6 Å². The number of carbonyl (C=O) groups excluding carboxylic acids is 2. The molecule has 0 aromatic heterocycles. The van der Waals surface area contributed by atoms with E-state index in [-0.39, 0.29) is 5.91 Å². The molecule has 17 heavy (non-hydrogen) atoms. The quantitative estimate of drug-likeness (QED) is 0.811. The molecular formula is C12H15NO4. The number of rotatable bonds is 4. The van der Waals surface area contributed by atoms with E-state index in [2.05, 4.69) is 10.1 Å². The highest BCUT2D eigenvalue weighted by molar-refractivity contribution is 5.98. The lowest BCUT2D eigenvalue weighted by Gasteiger charge is -2.13. The fourth-order valence-corrected chi connectivity index (χ4v) is 1.40. The van der Waals surface area contributed by atoms with E-state index in [9.17, 15) is 9.59 Å². The number of methoxy groups -OCH3 is 1. The highest BCUT2D eigenvalue weighted by Gasteiger charge is 2.16. The first-order valence-electron chi connectivity index (χ1n) is 5.21. The molecule has 0 heterocycles. The van der Waals surface area contributed by atoms with Crippen LogP contribution in [0.15, 0.2) is 18.2 Å². The zero-order valence-electron chi connectivity index (χ0n) is 10.1. The van der Waals surface area contributed by atoms with Crippen LogP contribution in [0.4, 0.5) is 5.69 Å². The van der Waals surface area contributed by atoms with Crippen LogP contribution in [-0.4, -0.2) is 25.6 Å². The second kappa shape index (κ2) is 5.89. The molecular weight excluding hydrogens is 222 g/mol. The maximum atomic E-state index is 11.5. The van der Waals surface area contributed by atoms with Crippen LogP contribution in [0.25, 0.3) is 0 Å². The summed E-state index contributed by atoms with van der Waals surface area (Å²) in [5.74, 6) is -0.398. The van der Waals surface area contributed by atoms with E-state index in [4.69, 9.17) is 4.74 Å². The average molecular weight is 237 g/mol. The van der Waals surface area contributed by atoms with Gasteiger partial charge in [0.1, 0.15) is 5.56 Å². The molecule has 5 nitrogen and oxygen atoms in total. The summed E-state index contributed by atoms with van der Waals surface area (Å²) in [5.41, 5.74) is 0.753. The second-order valence-electron chi connectivity index (χ2n) is 3.29. The van der Waals surface area contributed by atoms with Gasteiger partial charge in [0.15, 0.2) is 5.75 Å². The molecule has 0 aliphatic rings. The van der Waals surface area contributed by atoms with Gasteiger partial charge >= 0.3 is 5.97 Å². The van der Waals surface area contributed by atoms with Gasteiger partial charge in [0.25, 0.3) is 0 Å². The first-order chi connectivity index (χ1) is 8.10. The third kappa shape index (κ3) is 3.21. The molecule has 1 aromatic carbocycles. The van der Waals surface area contributed by atoms with Gasteiger partial charge < -0.3 is 14.8 Å². The van der Waals surface area contributed by atoms with Gasteiger partial charge in [-0.3, -0.25) is 4.79 Å². The molecule has 1 aromatic rings. The minimum atomic E-state index is -0.499. The molecule has 92 valence electrons. The molecule has 5 heteroatoms. The lowest BCUT2D eigenvalue weighted by Crippen LogP contribution is -2.11. The topological polar surface area (TPSA) is 64.6 Å². The average Bonchev–Trinajstić information content (AvgIpc) is 2.30. The molecule has 1 amide bonds. The molecule has 0 radical (unpaired) electrons. The molecule has 1 rings (SSSR count). The van der Waals surface area contributed by atoms with Crippen molar-refractivity contribution in [1.29, 1.82) is 0 Å². The standard InChI is InChI=1S/C12H15NO4/c1-4-17-11-9(12(15)16-3)6-5-7-10(11)13-8(2)14/h5-7H,4H2,1-3H3,(H,13,14). The Morgan fingerprint density at radius 2 is 2.06 bits per heavy atom. The van der Waals surface area contributed by atoms with E-state index >= 15 is 0 Å². The molecule has 0 aliphatic carbocycles. The lowest BCUT2D eigenvalue weighted by atomic mass is 10.1. The number of hydrogen-bond donors (Lipinski definition) is 1. The largest absolute Gasteiger partial charge is 0.491 e. The van der Waals surface area contributed by atoms with Gasteiger partial charge in [-0.2, -0.15) is 0 Å². The Balaban J connectivity index is 3.20.